The SMILES string of the molecule is O=C(CCCOCc1ccccc1)N1CCCCC1CN1CCOCC1. The van der Waals surface area contributed by atoms with E-state index in [1.807, 2.05) is 18.2 Å². The van der Waals surface area contributed by atoms with Gasteiger partial charge >= 0.3 is 0 Å². The molecule has 1 unspecified atom stereocenters. The topological polar surface area (TPSA) is 42.0 Å². The highest BCUT2D eigenvalue weighted by molar-refractivity contribution is 5.76. The predicted molar refractivity (Wildman–Crippen MR) is 102 cm³/mol. The summed E-state index contributed by atoms with van der Waals surface area (Å²) in [5, 5.41) is 0. The van der Waals surface area contributed by atoms with Gasteiger partial charge in [0.1, 0.15) is 0 Å². The molecule has 2 saturated heterocycles. The quantitative estimate of drug-likeness (QED) is 0.669. The molecule has 0 bridgehead atoms. The van der Waals surface area contributed by atoms with Gasteiger partial charge in [-0.25, -0.2) is 0 Å². The normalized spacial score (nSPS) is 21.7. The maximum Gasteiger partial charge on any atom is 0.222 e. The molecule has 3 rings (SSSR count). The Hall–Kier alpha value is -1.43. The molecule has 0 aromatic heterocycles. The molecule has 1 atom stereocenters. The molecular formula is C21H32N2O3. The van der Waals surface area contributed by atoms with E-state index in [-0.39, 0.29) is 0 Å². The summed E-state index contributed by atoms with van der Waals surface area (Å²) in [5.41, 5.74) is 1.18. The lowest BCUT2D eigenvalue weighted by atomic mass is 10.0. The Balaban J connectivity index is 1.37. The highest BCUT2D eigenvalue weighted by Gasteiger charge is 2.28. The monoisotopic (exact) mass is 360 g/mol. The molecule has 1 aromatic rings. The number of hydrogen-bond donors (Lipinski definition) is 0. The fraction of sp³-hybridized carbons (Fsp3) is 0.667. The summed E-state index contributed by atoms with van der Waals surface area (Å²) in [7, 11) is 0. The van der Waals surface area contributed by atoms with Crippen LogP contribution >= 0.6 is 0 Å². The number of likely N-dealkylation sites (tertiary alicyclic amines) is 1. The number of rotatable bonds is 8. The second kappa shape index (κ2) is 10.7. The van der Waals surface area contributed by atoms with E-state index in [0.29, 0.717) is 31.6 Å². The minimum atomic E-state index is 0.297. The molecule has 144 valence electrons. The summed E-state index contributed by atoms with van der Waals surface area (Å²) >= 11 is 0. The van der Waals surface area contributed by atoms with Crippen molar-refractivity contribution in [2.75, 3.05) is 46.0 Å². The molecule has 0 N–H and O–H groups in total. The van der Waals surface area contributed by atoms with Gasteiger partial charge in [-0.05, 0) is 31.2 Å². The maximum atomic E-state index is 12.7. The minimum absolute atomic E-state index is 0.297. The van der Waals surface area contributed by atoms with Crippen molar-refractivity contribution in [3.05, 3.63) is 35.9 Å². The molecule has 1 amide bonds. The summed E-state index contributed by atoms with van der Waals surface area (Å²) < 4.78 is 11.1. The maximum absolute atomic E-state index is 12.7. The first-order valence-electron chi connectivity index (χ1n) is 10.0. The van der Waals surface area contributed by atoms with Crippen LogP contribution in [0.2, 0.25) is 0 Å². The number of carbonyl (C=O) groups is 1. The van der Waals surface area contributed by atoms with Crippen molar-refractivity contribution < 1.29 is 14.3 Å². The molecule has 5 heteroatoms. The molecule has 0 spiro atoms. The predicted octanol–water partition coefficient (Wildman–Crippen LogP) is 2.70. The molecule has 5 nitrogen and oxygen atoms in total. The van der Waals surface area contributed by atoms with Crippen LogP contribution in [0.25, 0.3) is 0 Å². The fourth-order valence-electron chi connectivity index (χ4n) is 3.83. The third-order valence-electron chi connectivity index (χ3n) is 5.31. The van der Waals surface area contributed by atoms with Crippen molar-refractivity contribution >= 4 is 5.91 Å². The molecule has 0 radical (unpaired) electrons. The second-order valence-electron chi connectivity index (χ2n) is 7.29. The number of hydrogen-bond acceptors (Lipinski definition) is 4. The van der Waals surface area contributed by atoms with Gasteiger partial charge in [0.25, 0.3) is 0 Å². The van der Waals surface area contributed by atoms with Crippen LogP contribution in [0.4, 0.5) is 0 Å². The van der Waals surface area contributed by atoms with Gasteiger partial charge in [0.15, 0.2) is 0 Å². The average Bonchev–Trinajstić information content (AvgIpc) is 2.69. The Bertz CT molecular complexity index is 531. The average molecular weight is 360 g/mol. The minimum Gasteiger partial charge on any atom is -0.379 e. The third-order valence-corrected chi connectivity index (χ3v) is 5.31. The van der Waals surface area contributed by atoms with E-state index in [9.17, 15) is 4.79 Å². The van der Waals surface area contributed by atoms with Crippen LogP contribution in [0.5, 0.6) is 0 Å². The number of amides is 1. The lowest BCUT2D eigenvalue weighted by molar-refractivity contribution is -0.136. The van der Waals surface area contributed by atoms with Crippen LogP contribution in [0, 0.1) is 0 Å². The Labute approximate surface area is 157 Å². The molecule has 2 aliphatic heterocycles. The lowest BCUT2D eigenvalue weighted by Gasteiger charge is -2.39. The highest BCUT2D eigenvalue weighted by atomic mass is 16.5. The van der Waals surface area contributed by atoms with Gasteiger partial charge in [0.2, 0.25) is 5.91 Å². The van der Waals surface area contributed by atoms with Crippen molar-refractivity contribution in [2.24, 2.45) is 0 Å². The summed E-state index contributed by atoms with van der Waals surface area (Å²) in [5.74, 6) is 0.297. The first-order valence-corrected chi connectivity index (χ1v) is 10.0. The Morgan fingerprint density at radius 1 is 1.12 bits per heavy atom. The van der Waals surface area contributed by atoms with Crippen molar-refractivity contribution in [3.63, 3.8) is 0 Å². The van der Waals surface area contributed by atoms with E-state index in [0.717, 1.165) is 58.7 Å². The molecule has 26 heavy (non-hydrogen) atoms. The highest BCUT2D eigenvalue weighted by Crippen LogP contribution is 2.20. The zero-order valence-corrected chi connectivity index (χ0v) is 15.8. The van der Waals surface area contributed by atoms with E-state index < -0.39 is 0 Å². The standard InChI is InChI=1S/C21H32N2O3/c24-21(10-6-14-26-18-19-7-2-1-3-8-19)23-11-5-4-9-20(23)17-22-12-15-25-16-13-22/h1-3,7-8,20H,4-6,9-18H2. The summed E-state index contributed by atoms with van der Waals surface area (Å²) in [6, 6.07) is 10.6. The van der Waals surface area contributed by atoms with Gasteiger partial charge in [-0.15, -0.1) is 0 Å². The van der Waals surface area contributed by atoms with Crippen LogP contribution in [0.1, 0.15) is 37.7 Å². The van der Waals surface area contributed by atoms with Crippen LogP contribution < -0.4 is 0 Å². The second-order valence-corrected chi connectivity index (χ2v) is 7.29. The molecule has 1 aromatic carbocycles. The molecule has 2 fully saturated rings. The molecular weight excluding hydrogens is 328 g/mol. The van der Waals surface area contributed by atoms with Crippen molar-refractivity contribution in [2.45, 2.75) is 44.8 Å². The molecule has 0 saturated carbocycles. The lowest BCUT2D eigenvalue weighted by Crippen LogP contribution is -2.51. The number of nitrogens with zero attached hydrogens (tertiary/aromatic N) is 2. The van der Waals surface area contributed by atoms with E-state index >= 15 is 0 Å². The van der Waals surface area contributed by atoms with Crippen LogP contribution in [-0.4, -0.2) is 67.7 Å². The van der Waals surface area contributed by atoms with E-state index in [2.05, 4.69) is 21.9 Å². The van der Waals surface area contributed by atoms with E-state index in [1.54, 1.807) is 0 Å². The van der Waals surface area contributed by atoms with Gasteiger partial charge in [-0.1, -0.05) is 30.3 Å². The van der Waals surface area contributed by atoms with Crippen molar-refractivity contribution in [1.82, 2.24) is 9.80 Å². The van der Waals surface area contributed by atoms with E-state index in [4.69, 9.17) is 9.47 Å². The first-order chi connectivity index (χ1) is 12.8. The van der Waals surface area contributed by atoms with E-state index in [1.165, 1.54) is 12.0 Å². The summed E-state index contributed by atoms with van der Waals surface area (Å²) in [6.07, 6.45) is 4.89. The number of piperidine rings is 1. The number of benzene rings is 1. The van der Waals surface area contributed by atoms with Gasteiger partial charge in [0, 0.05) is 45.2 Å². The molecule has 2 aliphatic rings. The Morgan fingerprint density at radius 3 is 2.73 bits per heavy atom. The van der Waals surface area contributed by atoms with Gasteiger partial charge in [-0.3, -0.25) is 9.69 Å². The fourth-order valence-corrected chi connectivity index (χ4v) is 3.83. The zero-order valence-electron chi connectivity index (χ0n) is 15.8. The first kappa shape index (κ1) is 19.3. The zero-order chi connectivity index (χ0) is 18.0. The summed E-state index contributed by atoms with van der Waals surface area (Å²) in [4.78, 5) is 17.3. The Morgan fingerprint density at radius 2 is 1.92 bits per heavy atom. The smallest absolute Gasteiger partial charge is 0.222 e. The van der Waals surface area contributed by atoms with Crippen LogP contribution in [0.3, 0.4) is 0 Å². The van der Waals surface area contributed by atoms with Crippen molar-refractivity contribution in [1.29, 1.82) is 0 Å². The number of ether oxygens (including phenoxy) is 2. The van der Waals surface area contributed by atoms with Crippen LogP contribution in [0.15, 0.2) is 30.3 Å². The molecule has 2 heterocycles. The Kier molecular flexibility index (Phi) is 7.92. The summed E-state index contributed by atoms with van der Waals surface area (Å²) in [6.45, 7) is 6.80. The third kappa shape index (κ3) is 6.08. The molecule has 0 aliphatic carbocycles. The largest absolute Gasteiger partial charge is 0.379 e. The van der Waals surface area contributed by atoms with Crippen LogP contribution in [-0.2, 0) is 20.9 Å². The van der Waals surface area contributed by atoms with Crippen molar-refractivity contribution in [3.8, 4) is 0 Å². The van der Waals surface area contributed by atoms with Gasteiger partial charge in [0.05, 0.1) is 19.8 Å². The van der Waals surface area contributed by atoms with Gasteiger partial charge in [-0.2, -0.15) is 0 Å². The van der Waals surface area contributed by atoms with Gasteiger partial charge < -0.3 is 14.4 Å². The number of morpholine rings is 1. The number of carbonyl (C=O) groups excluding carboxylic acids is 1.